The Labute approximate surface area is 187 Å². The fraction of sp³-hybridized carbons (Fsp3) is 0.0417. The van der Waals surface area contributed by atoms with Crippen molar-refractivity contribution < 1.29 is 28.7 Å². The summed E-state index contributed by atoms with van der Waals surface area (Å²) in [6, 6.07) is 17.0. The minimum Gasteiger partial charge on any atom is -0.452 e. The zero-order valence-corrected chi connectivity index (χ0v) is 17.1. The van der Waals surface area contributed by atoms with Crippen LogP contribution < -0.4 is 5.32 Å². The van der Waals surface area contributed by atoms with Crippen molar-refractivity contribution in [3.05, 3.63) is 105 Å². The number of esters is 1. The van der Waals surface area contributed by atoms with Crippen molar-refractivity contribution in [1.29, 1.82) is 0 Å². The summed E-state index contributed by atoms with van der Waals surface area (Å²) in [5, 5.41) is 1.87. The van der Waals surface area contributed by atoms with Gasteiger partial charge < -0.3 is 4.74 Å². The van der Waals surface area contributed by atoms with Gasteiger partial charge in [-0.2, -0.15) is 0 Å². The zero-order valence-electron chi connectivity index (χ0n) is 16.4. The van der Waals surface area contributed by atoms with Crippen molar-refractivity contribution in [2.24, 2.45) is 0 Å². The molecule has 0 saturated heterocycles. The van der Waals surface area contributed by atoms with E-state index in [1.54, 1.807) is 36.4 Å². The maximum Gasteiger partial charge on any atom is 0.340 e. The molecule has 8 heteroatoms. The molecule has 1 aliphatic rings. The molecule has 0 fully saturated rings. The number of nitrogens with one attached hydrogen (secondary N) is 1. The van der Waals surface area contributed by atoms with Gasteiger partial charge in [-0.05, 0) is 24.3 Å². The third-order valence-corrected chi connectivity index (χ3v) is 5.27. The summed E-state index contributed by atoms with van der Waals surface area (Å²) in [5.74, 6) is -3.31. The molecule has 3 aromatic rings. The number of rotatable bonds is 4. The molecule has 3 aromatic carbocycles. The fourth-order valence-electron chi connectivity index (χ4n) is 3.34. The minimum absolute atomic E-state index is 0.0847. The molecule has 0 radical (unpaired) electrons. The van der Waals surface area contributed by atoms with Crippen LogP contribution in [0.4, 0.5) is 0 Å². The van der Waals surface area contributed by atoms with Crippen LogP contribution in [-0.2, 0) is 9.53 Å². The summed E-state index contributed by atoms with van der Waals surface area (Å²) < 4.78 is 4.95. The van der Waals surface area contributed by atoms with Gasteiger partial charge in [0.15, 0.2) is 18.2 Å². The van der Waals surface area contributed by atoms with Crippen LogP contribution in [0.1, 0.15) is 52.6 Å². The topological polar surface area (TPSA) is 107 Å². The molecule has 0 unspecified atom stereocenters. The molecular weight excluding hydrogens is 434 g/mol. The Morgan fingerprint density at radius 3 is 2.09 bits per heavy atom. The molecular formula is C24H14ClNO6. The van der Waals surface area contributed by atoms with Crippen LogP contribution in [0.3, 0.4) is 0 Å². The van der Waals surface area contributed by atoms with E-state index in [4.69, 9.17) is 16.3 Å². The van der Waals surface area contributed by atoms with Gasteiger partial charge in [-0.15, -0.1) is 0 Å². The average Bonchev–Trinajstić information content (AvgIpc) is 2.81. The molecule has 7 nitrogen and oxygen atoms in total. The summed E-state index contributed by atoms with van der Waals surface area (Å²) in [6.45, 7) is -0.736. The third-order valence-electron chi connectivity index (χ3n) is 4.87. The van der Waals surface area contributed by atoms with Crippen LogP contribution in [-0.4, -0.2) is 36.0 Å². The maximum atomic E-state index is 12.9. The molecule has 2 amide bonds. The number of carbonyl (C=O) groups is 5. The first-order chi connectivity index (χ1) is 15.4. The third kappa shape index (κ3) is 3.81. The molecule has 1 aliphatic carbocycles. The number of hydrogen-bond donors (Lipinski definition) is 1. The van der Waals surface area contributed by atoms with Crippen molar-refractivity contribution >= 4 is 41.0 Å². The zero-order chi connectivity index (χ0) is 22.8. The molecule has 0 aromatic heterocycles. The molecule has 32 heavy (non-hydrogen) atoms. The Morgan fingerprint density at radius 1 is 0.781 bits per heavy atom. The summed E-state index contributed by atoms with van der Waals surface area (Å²) in [4.78, 5) is 62.0. The van der Waals surface area contributed by atoms with Crippen molar-refractivity contribution in [2.75, 3.05) is 6.61 Å². The van der Waals surface area contributed by atoms with E-state index in [2.05, 4.69) is 5.32 Å². The van der Waals surface area contributed by atoms with Crippen molar-refractivity contribution in [3.8, 4) is 0 Å². The van der Waals surface area contributed by atoms with Gasteiger partial charge in [0.2, 0.25) is 0 Å². The van der Waals surface area contributed by atoms with Gasteiger partial charge in [-0.25, -0.2) is 4.79 Å². The summed E-state index contributed by atoms with van der Waals surface area (Å²) in [5.41, 5.74) is 0.545. The Hall–Kier alpha value is -4.10. The van der Waals surface area contributed by atoms with Crippen LogP contribution in [0, 0.1) is 0 Å². The Kier molecular flexibility index (Phi) is 5.66. The van der Waals surface area contributed by atoms with Crippen molar-refractivity contribution in [1.82, 2.24) is 5.32 Å². The first kappa shape index (κ1) is 21.1. The second-order valence-corrected chi connectivity index (χ2v) is 7.25. The highest BCUT2D eigenvalue weighted by molar-refractivity contribution is 6.41. The number of amides is 2. The molecule has 0 spiro atoms. The fourth-order valence-corrected chi connectivity index (χ4v) is 3.66. The Bertz CT molecular complexity index is 1300. The highest BCUT2D eigenvalue weighted by atomic mass is 35.5. The number of carbonyl (C=O) groups excluding carboxylic acids is 5. The van der Waals surface area contributed by atoms with Crippen LogP contribution in [0.2, 0.25) is 5.02 Å². The second kappa shape index (κ2) is 8.56. The van der Waals surface area contributed by atoms with E-state index < -0.39 is 30.2 Å². The quantitative estimate of drug-likeness (QED) is 0.481. The minimum atomic E-state index is -0.973. The standard InChI is InChI=1S/C24H14ClNO6/c25-20-17(24(31)32-12-18(27)26-23(30)13-6-2-1-3-7-13)11-10-16-19(20)22(29)15-9-5-4-8-14(15)21(16)28/h1-11H,12H2,(H,26,27,30). The van der Waals surface area contributed by atoms with E-state index in [1.165, 1.54) is 30.3 Å². The summed E-state index contributed by atoms with van der Waals surface area (Å²) in [7, 11) is 0. The van der Waals surface area contributed by atoms with E-state index in [1.807, 2.05) is 0 Å². The number of ketones is 2. The smallest absolute Gasteiger partial charge is 0.340 e. The van der Waals surface area contributed by atoms with Crippen LogP contribution in [0.5, 0.6) is 0 Å². The Morgan fingerprint density at radius 2 is 1.41 bits per heavy atom. The molecule has 0 heterocycles. The molecule has 4 rings (SSSR count). The number of fused-ring (bicyclic) bond motifs is 2. The van der Waals surface area contributed by atoms with Gasteiger partial charge >= 0.3 is 5.97 Å². The monoisotopic (exact) mass is 447 g/mol. The number of benzene rings is 3. The first-order valence-electron chi connectivity index (χ1n) is 9.45. The van der Waals surface area contributed by atoms with Gasteiger partial charge in [0, 0.05) is 22.3 Å². The van der Waals surface area contributed by atoms with Crippen molar-refractivity contribution in [3.63, 3.8) is 0 Å². The van der Waals surface area contributed by atoms with E-state index in [0.717, 1.165) is 0 Å². The molecule has 0 bridgehead atoms. The summed E-state index contributed by atoms with van der Waals surface area (Å²) in [6.07, 6.45) is 0. The largest absolute Gasteiger partial charge is 0.452 e. The predicted molar refractivity (Wildman–Crippen MR) is 114 cm³/mol. The number of imide groups is 1. The average molecular weight is 448 g/mol. The van der Waals surface area contributed by atoms with Gasteiger partial charge in [0.1, 0.15) is 0 Å². The van der Waals surface area contributed by atoms with Crippen LogP contribution >= 0.6 is 11.6 Å². The SMILES string of the molecule is O=C(COC(=O)c1ccc2c(c1Cl)C(=O)c1ccccc1C2=O)NC(=O)c1ccccc1. The van der Waals surface area contributed by atoms with Crippen LogP contribution in [0.15, 0.2) is 66.7 Å². The number of hydrogen-bond acceptors (Lipinski definition) is 6. The van der Waals surface area contributed by atoms with Gasteiger partial charge in [-0.1, -0.05) is 54.1 Å². The molecule has 0 atom stereocenters. The maximum absolute atomic E-state index is 12.9. The normalized spacial score (nSPS) is 11.9. The number of ether oxygens (including phenoxy) is 1. The molecule has 0 saturated carbocycles. The Balaban J connectivity index is 1.49. The number of halogens is 1. The molecule has 158 valence electrons. The lowest BCUT2D eigenvalue weighted by Crippen LogP contribution is -2.34. The highest BCUT2D eigenvalue weighted by Crippen LogP contribution is 2.34. The lowest BCUT2D eigenvalue weighted by molar-refractivity contribution is -0.123. The lowest BCUT2D eigenvalue weighted by Gasteiger charge is -2.19. The van der Waals surface area contributed by atoms with Gasteiger partial charge in [-0.3, -0.25) is 24.5 Å². The van der Waals surface area contributed by atoms with E-state index in [-0.39, 0.29) is 44.2 Å². The molecule has 0 aliphatic heterocycles. The van der Waals surface area contributed by atoms with E-state index in [9.17, 15) is 24.0 Å². The van der Waals surface area contributed by atoms with Crippen molar-refractivity contribution in [2.45, 2.75) is 0 Å². The van der Waals surface area contributed by atoms with E-state index >= 15 is 0 Å². The second-order valence-electron chi connectivity index (χ2n) is 6.87. The highest BCUT2D eigenvalue weighted by Gasteiger charge is 2.33. The van der Waals surface area contributed by atoms with E-state index in [0.29, 0.717) is 0 Å². The molecule has 1 N–H and O–H groups in total. The van der Waals surface area contributed by atoms with Gasteiger partial charge in [0.25, 0.3) is 11.8 Å². The summed E-state index contributed by atoms with van der Waals surface area (Å²) >= 11 is 6.30. The predicted octanol–water partition coefficient (Wildman–Crippen LogP) is 3.23. The van der Waals surface area contributed by atoms with Gasteiger partial charge in [0.05, 0.1) is 16.1 Å². The first-order valence-corrected chi connectivity index (χ1v) is 9.83. The lowest BCUT2D eigenvalue weighted by atomic mass is 9.83. The van der Waals surface area contributed by atoms with Crippen LogP contribution in [0.25, 0.3) is 0 Å².